The van der Waals surface area contributed by atoms with Gasteiger partial charge in [0.25, 0.3) is 0 Å². The average molecular weight is 269 g/mol. The number of hydrogen-bond acceptors (Lipinski definition) is 2. The van der Waals surface area contributed by atoms with Gasteiger partial charge in [-0.2, -0.15) is 0 Å². The summed E-state index contributed by atoms with van der Waals surface area (Å²) in [6.45, 7) is 6.86. The van der Waals surface area contributed by atoms with E-state index >= 15 is 0 Å². The molecule has 0 saturated heterocycles. The number of rotatable bonds is 3. The van der Waals surface area contributed by atoms with Crippen molar-refractivity contribution >= 4 is 0 Å². The molecule has 106 valence electrons. The molecule has 1 aliphatic rings. The average Bonchev–Trinajstić information content (AvgIpc) is 2.96. The summed E-state index contributed by atoms with van der Waals surface area (Å²) in [6, 6.07) is 13.5. The molecule has 1 aromatic heterocycles. The highest BCUT2D eigenvalue weighted by atomic mass is 16.3. The van der Waals surface area contributed by atoms with Gasteiger partial charge in [0, 0.05) is 6.04 Å². The van der Waals surface area contributed by atoms with Crippen molar-refractivity contribution in [2.45, 2.75) is 51.1 Å². The molecule has 2 atom stereocenters. The Morgan fingerprint density at radius 1 is 1.20 bits per heavy atom. The van der Waals surface area contributed by atoms with Crippen LogP contribution in [0.15, 0.2) is 47.1 Å². The highest BCUT2D eigenvalue weighted by Gasteiger charge is 2.32. The fraction of sp³-hybridized carbons (Fsp3) is 0.444. The number of fused-ring (bicyclic) bond motifs is 1. The van der Waals surface area contributed by atoms with Crippen LogP contribution in [-0.2, 0) is 5.41 Å². The van der Waals surface area contributed by atoms with E-state index in [1.807, 2.05) is 12.1 Å². The third-order valence-corrected chi connectivity index (χ3v) is 4.54. The van der Waals surface area contributed by atoms with E-state index in [-0.39, 0.29) is 11.5 Å². The largest absolute Gasteiger partial charge is 0.468 e. The zero-order valence-electron chi connectivity index (χ0n) is 12.5. The van der Waals surface area contributed by atoms with E-state index in [2.05, 4.69) is 50.4 Å². The van der Waals surface area contributed by atoms with Crippen LogP contribution in [0.2, 0.25) is 0 Å². The second-order valence-electron chi connectivity index (χ2n) is 6.47. The zero-order valence-corrected chi connectivity index (χ0v) is 12.5. The van der Waals surface area contributed by atoms with Crippen molar-refractivity contribution in [3.8, 4) is 0 Å². The number of furan rings is 1. The van der Waals surface area contributed by atoms with Gasteiger partial charge < -0.3 is 9.73 Å². The van der Waals surface area contributed by atoms with Crippen LogP contribution in [0, 0.1) is 0 Å². The van der Waals surface area contributed by atoms with Gasteiger partial charge in [0.2, 0.25) is 0 Å². The first kappa shape index (κ1) is 13.4. The van der Waals surface area contributed by atoms with Gasteiger partial charge in [-0.3, -0.25) is 0 Å². The monoisotopic (exact) mass is 269 g/mol. The van der Waals surface area contributed by atoms with Crippen LogP contribution in [0.4, 0.5) is 0 Å². The Morgan fingerprint density at radius 3 is 2.75 bits per heavy atom. The molecule has 20 heavy (non-hydrogen) atoms. The smallest absolute Gasteiger partial charge is 0.120 e. The molecule has 0 fully saturated rings. The van der Waals surface area contributed by atoms with Crippen LogP contribution in [0.1, 0.15) is 62.6 Å². The van der Waals surface area contributed by atoms with Crippen molar-refractivity contribution in [1.82, 2.24) is 5.32 Å². The minimum Gasteiger partial charge on any atom is -0.468 e. The van der Waals surface area contributed by atoms with Crippen LogP contribution < -0.4 is 5.32 Å². The Labute approximate surface area is 121 Å². The summed E-state index contributed by atoms with van der Waals surface area (Å²) < 4.78 is 5.50. The Hall–Kier alpha value is -1.54. The molecule has 0 saturated carbocycles. The van der Waals surface area contributed by atoms with Gasteiger partial charge in [-0.25, -0.2) is 0 Å². The van der Waals surface area contributed by atoms with E-state index in [0.29, 0.717) is 6.04 Å². The molecule has 1 aromatic carbocycles. The van der Waals surface area contributed by atoms with Crippen molar-refractivity contribution in [3.63, 3.8) is 0 Å². The van der Waals surface area contributed by atoms with Gasteiger partial charge in [-0.1, -0.05) is 38.1 Å². The van der Waals surface area contributed by atoms with E-state index in [4.69, 9.17) is 4.42 Å². The summed E-state index contributed by atoms with van der Waals surface area (Å²) in [7, 11) is 0. The zero-order chi connectivity index (χ0) is 14.2. The molecule has 3 rings (SSSR count). The molecule has 2 nitrogen and oxygen atoms in total. The molecule has 2 heteroatoms. The maximum Gasteiger partial charge on any atom is 0.120 e. The summed E-state index contributed by atoms with van der Waals surface area (Å²) >= 11 is 0. The van der Waals surface area contributed by atoms with Crippen molar-refractivity contribution in [2.24, 2.45) is 0 Å². The quantitative estimate of drug-likeness (QED) is 0.870. The molecular formula is C18H23NO. The maximum absolute atomic E-state index is 5.50. The maximum atomic E-state index is 5.50. The third kappa shape index (κ3) is 2.40. The molecule has 1 aliphatic carbocycles. The molecule has 2 unspecified atom stereocenters. The Bertz CT molecular complexity index is 571. The SMILES string of the molecule is CC(NC1CCC(C)(C)c2ccccc21)c1ccco1. The van der Waals surface area contributed by atoms with E-state index in [9.17, 15) is 0 Å². The first-order chi connectivity index (χ1) is 9.58. The summed E-state index contributed by atoms with van der Waals surface area (Å²) in [5, 5.41) is 3.72. The molecule has 0 radical (unpaired) electrons. The minimum absolute atomic E-state index is 0.240. The van der Waals surface area contributed by atoms with Crippen LogP contribution in [0.5, 0.6) is 0 Å². The van der Waals surface area contributed by atoms with Gasteiger partial charge >= 0.3 is 0 Å². The van der Waals surface area contributed by atoms with Gasteiger partial charge in [-0.15, -0.1) is 0 Å². The summed E-state index contributed by atoms with van der Waals surface area (Å²) in [5.41, 5.74) is 3.21. The van der Waals surface area contributed by atoms with Crippen molar-refractivity contribution in [1.29, 1.82) is 0 Å². The normalized spacial score (nSPS) is 22.2. The van der Waals surface area contributed by atoms with Crippen LogP contribution in [0.3, 0.4) is 0 Å². The summed E-state index contributed by atoms with van der Waals surface area (Å²) in [6.07, 6.45) is 4.13. The highest BCUT2D eigenvalue weighted by Crippen LogP contribution is 2.42. The van der Waals surface area contributed by atoms with E-state index in [0.717, 1.165) is 5.76 Å². The number of benzene rings is 1. The molecular weight excluding hydrogens is 246 g/mol. The molecule has 0 spiro atoms. The first-order valence-electron chi connectivity index (χ1n) is 7.47. The van der Waals surface area contributed by atoms with Gasteiger partial charge in [0.05, 0.1) is 12.3 Å². The molecule has 1 N–H and O–H groups in total. The fourth-order valence-electron chi connectivity index (χ4n) is 3.31. The van der Waals surface area contributed by atoms with E-state index in [1.165, 1.54) is 24.0 Å². The lowest BCUT2D eigenvalue weighted by molar-refractivity contribution is 0.322. The number of nitrogens with one attached hydrogen (secondary N) is 1. The molecule has 0 bridgehead atoms. The molecule has 0 amide bonds. The molecule has 2 aromatic rings. The predicted molar refractivity (Wildman–Crippen MR) is 81.7 cm³/mol. The van der Waals surface area contributed by atoms with Crippen molar-refractivity contribution in [3.05, 3.63) is 59.5 Å². The second-order valence-corrected chi connectivity index (χ2v) is 6.47. The lowest BCUT2D eigenvalue weighted by atomic mass is 9.71. The lowest BCUT2D eigenvalue weighted by Gasteiger charge is -2.38. The third-order valence-electron chi connectivity index (χ3n) is 4.54. The van der Waals surface area contributed by atoms with Gasteiger partial charge in [0.15, 0.2) is 0 Å². The van der Waals surface area contributed by atoms with E-state index in [1.54, 1.807) is 6.26 Å². The standard InChI is InChI=1S/C18H23NO/c1-13(17-9-6-12-20-17)19-16-10-11-18(2,3)15-8-5-4-7-14(15)16/h4-9,12-13,16,19H,10-11H2,1-3H3. The van der Waals surface area contributed by atoms with Crippen molar-refractivity contribution < 1.29 is 4.42 Å². The van der Waals surface area contributed by atoms with Gasteiger partial charge in [-0.05, 0) is 48.4 Å². The fourth-order valence-corrected chi connectivity index (χ4v) is 3.31. The predicted octanol–water partition coefficient (Wildman–Crippen LogP) is 4.74. The molecule has 0 aliphatic heterocycles. The summed E-state index contributed by atoms with van der Waals surface area (Å²) in [4.78, 5) is 0. The first-order valence-corrected chi connectivity index (χ1v) is 7.47. The van der Waals surface area contributed by atoms with Crippen LogP contribution >= 0.6 is 0 Å². The lowest BCUT2D eigenvalue weighted by Crippen LogP contribution is -2.33. The van der Waals surface area contributed by atoms with E-state index < -0.39 is 0 Å². The van der Waals surface area contributed by atoms with Crippen LogP contribution in [-0.4, -0.2) is 0 Å². The Balaban J connectivity index is 1.85. The highest BCUT2D eigenvalue weighted by molar-refractivity contribution is 5.38. The molecule has 1 heterocycles. The summed E-state index contributed by atoms with van der Waals surface area (Å²) in [5.74, 6) is 1.01. The minimum atomic E-state index is 0.240. The van der Waals surface area contributed by atoms with Crippen LogP contribution in [0.25, 0.3) is 0 Å². The Morgan fingerprint density at radius 2 is 2.00 bits per heavy atom. The van der Waals surface area contributed by atoms with Gasteiger partial charge in [0.1, 0.15) is 5.76 Å². The Kier molecular flexibility index (Phi) is 3.43. The second kappa shape index (κ2) is 5.10. The number of hydrogen-bond donors (Lipinski definition) is 1. The van der Waals surface area contributed by atoms with Crippen molar-refractivity contribution in [2.75, 3.05) is 0 Å². The topological polar surface area (TPSA) is 25.2 Å².